The van der Waals surface area contributed by atoms with E-state index in [9.17, 15) is 12.6 Å². The number of fused-ring (bicyclic) bond motifs is 1. The van der Waals surface area contributed by atoms with Crippen molar-refractivity contribution in [2.24, 2.45) is 10.9 Å². The molecule has 0 bridgehead atoms. The van der Waals surface area contributed by atoms with Crippen LogP contribution >= 0.6 is 11.8 Å². The van der Waals surface area contributed by atoms with Gasteiger partial charge in [0.1, 0.15) is 17.4 Å². The Morgan fingerprint density at radius 3 is 2.73 bits per heavy atom. The van der Waals surface area contributed by atoms with Gasteiger partial charge in [0.2, 0.25) is 0 Å². The van der Waals surface area contributed by atoms with Crippen LogP contribution in [0.1, 0.15) is 18.5 Å². The van der Waals surface area contributed by atoms with Crippen LogP contribution < -0.4 is 9.04 Å². The summed E-state index contributed by atoms with van der Waals surface area (Å²) in [5.41, 5.74) is 2.13. The molecule has 1 N–H and O–H groups in total. The molecule has 1 saturated heterocycles. The third-order valence-corrected chi connectivity index (χ3v) is 11.7. The highest BCUT2D eigenvalue weighted by Gasteiger charge is 2.35. The maximum atomic E-state index is 14.0. The Balaban J connectivity index is 1.33. The molecule has 0 amide bonds. The largest absolute Gasteiger partial charge is 0.491 e. The van der Waals surface area contributed by atoms with Crippen molar-refractivity contribution in [2.45, 2.75) is 23.1 Å². The van der Waals surface area contributed by atoms with Crippen molar-refractivity contribution in [1.29, 1.82) is 0 Å². The van der Waals surface area contributed by atoms with Crippen LogP contribution in [0.2, 0.25) is 0 Å². The first-order valence-electron chi connectivity index (χ1n) is 13.9. The number of nitrogens with one attached hydrogen (secondary N) is 1. The van der Waals surface area contributed by atoms with Gasteiger partial charge in [0.15, 0.2) is 5.03 Å². The number of nitrogens with zero attached hydrogens (tertiary/aromatic N) is 4. The molecule has 41 heavy (non-hydrogen) atoms. The number of rotatable bonds is 12. The van der Waals surface area contributed by atoms with E-state index < -0.39 is 20.8 Å². The van der Waals surface area contributed by atoms with Gasteiger partial charge < -0.3 is 19.4 Å². The number of ether oxygens (including phenoxy) is 2. The van der Waals surface area contributed by atoms with E-state index in [4.69, 9.17) is 14.5 Å². The number of aromatic amines is 1. The van der Waals surface area contributed by atoms with Gasteiger partial charge in [0.25, 0.3) is 10.0 Å². The number of hydrogen-bond donors (Lipinski definition) is 1. The van der Waals surface area contributed by atoms with Gasteiger partial charge in [-0.3, -0.25) is 13.5 Å². The van der Waals surface area contributed by atoms with E-state index in [2.05, 4.69) is 14.9 Å². The van der Waals surface area contributed by atoms with E-state index in [0.717, 1.165) is 72.2 Å². The highest BCUT2D eigenvalue weighted by molar-refractivity contribution is 8.15. The zero-order valence-corrected chi connectivity index (χ0v) is 25.5. The molecule has 1 unspecified atom stereocenters. The highest BCUT2D eigenvalue weighted by Crippen LogP contribution is 2.40. The smallest absolute Gasteiger partial charge is 0.281 e. The second-order valence-electron chi connectivity index (χ2n) is 10.6. The van der Waals surface area contributed by atoms with Crippen molar-refractivity contribution in [3.63, 3.8) is 0 Å². The molecule has 4 heterocycles. The lowest BCUT2D eigenvalue weighted by atomic mass is 10.2. The molecule has 2 aliphatic heterocycles. The quantitative estimate of drug-likeness (QED) is 0.308. The molecule has 220 valence electrons. The zero-order chi connectivity index (χ0) is 28.4. The van der Waals surface area contributed by atoms with Crippen molar-refractivity contribution in [2.75, 3.05) is 68.9 Å². The van der Waals surface area contributed by atoms with Crippen molar-refractivity contribution in [3.8, 4) is 5.75 Å². The number of benzene rings is 1. The summed E-state index contributed by atoms with van der Waals surface area (Å²) in [6, 6.07) is 10.7. The summed E-state index contributed by atoms with van der Waals surface area (Å²) in [6.07, 6.45) is 3.50. The van der Waals surface area contributed by atoms with Gasteiger partial charge in [-0.15, -0.1) is 0 Å². The van der Waals surface area contributed by atoms with Gasteiger partial charge in [-0.05, 0) is 43.0 Å². The van der Waals surface area contributed by atoms with E-state index in [-0.39, 0.29) is 5.03 Å². The Bertz CT molecular complexity index is 1530. The van der Waals surface area contributed by atoms with E-state index in [0.29, 0.717) is 42.4 Å². The van der Waals surface area contributed by atoms with E-state index in [1.807, 2.05) is 12.1 Å². The Hall–Kier alpha value is -2.45. The number of thioether (sulfide) groups is 1. The number of anilines is 1. The normalized spacial score (nSPS) is 20.4. The minimum atomic E-state index is -3.92. The van der Waals surface area contributed by atoms with Crippen molar-refractivity contribution in [1.82, 2.24) is 14.9 Å². The standard InChI is InChI=1S/C28H35N5O5S3/c1-37-10-11-38-22-14-21-15-24(28-30-17-23(39-28)19-32-8-12-40(34)13-9-32)31-27(21)25(16-22)33(18-20-5-6-20)41(35,36)26-4-2-3-7-29-26/h2-4,7,14-16,20,23,31H,5-6,8-13,17-19H2,1H3. The summed E-state index contributed by atoms with van der Waals surface area (Å²) in [6.45, 7) is 4.51. The third kappa shape index (κ3) is 6.64. The topological polar surface area (TPSA) is 117 Å². The molecular weight excluding hydrogens is 583 g/mol. The van der Waals surface area contributed by atoms with Crippen LogP contribution in [0.25, 0.3) is 10.9 Å². The molecule has 3 aliphatic rings. The van der Waals surface area contributed by atoms with Crippen LogP contribution in [0.5, 0.6) is 5.75 Å². The average molecular weight is 618 g/mol. The van der Waals surface area contributed by atoms with Gasteiger partial charge in [-0.2, -0.15) is 8.42 Å². The molecule has 13 heteroatoms. The summed E-state index contributed by atoms with van der Waals surface area (Å²) in [5, 5.41) is 2.12. The molecule has 6 rings (SSSR count). The minimum Gasteiger partial charge on any atom is -0.491 e. The van der Waals surface area contributed by atoms with E-state index >= 15 is 0 Å². The number of aromatic nitrogens is 2. The number of sulfonamides is 1. The van der Waals surface area contributed by atoms with Gasteiger partial charge in [-0.25, -0.2) is 4.98 Å². The summed E-state index contributed by atoms with van der Waals surface area (Å²) >= 11 is 1.74. The zero-order valence-electron chi connectivity index (χ0n) is 23.0. The summed E-state index contributed by atoms with van der Waals surface area (Å²) in [7, 11) is -2.99. The lowest BCUT2D eigenvalue weighted by Gasteiger charge is -2.27. The lowest BCUT2D eigenvalue weighted by Crippen LogP contribution is -2.41. The molecule has 1 atom stereocenters. The fourth-order valence-corrected chi connectivity index (χ4v) is 8.86. The molecular formula is C28H35N5O5S3. The monoisotopic (exact) mass is 617 g/mol. The Morgan fingerprint density at radius 1 is 1.17 bits per heavy atom. The summed E-state index contributed by atoms with van der Waals surface area (Å²) < 4.78 is 52.3. The molecule has 0 spiro atoms. The minimum absolute atomic E-state index is 0.0198. The predicted molar refractivity (Wildman–Crippen MR) is 164 cm³/mol. The third-order valence-electron chi connectivity index (χ3n) is 7.50. The maximum absolute atomic E-state index is 14.0. The average Bonchev–Trinajstić information content (AvgIpc) is 3.51. The van der Waals surface area contributed by atoms with Crippen molar-refractivity contribution >= 4 is 54.2 Å². The molecule has 1 saturated carbocycles. The fourth-order valence-electron chi connectivity index (χ4n) is 5.12. The Labute approximate surface area is 247 Å². The Kier molecular flexibility index (Phi) is 8.68. The molecule has 1 aliphatic carbocycles. The number of methoxy groups -OCH3 is 1. The molecule has 0 radical (unpaired) electrons. The lowest BCUT2D eigenvalue weighted by molar-refractivity contribution is 0.146. The number of hydrogen-bond acceptors (Lipinski definition) is 9. The highest BCUT2D eigenvalue weighted by atomic mass is 32.2. The number of H-pyrrole nitrogens is 1. The van der Waals surface area contributed by atoms with Crippen LogP contribution in [-0.4, -0.2) is 102 Å². The van der Waals surface area contributed by atoms with Gasteiger partial charge in [-0.1, -0.05) is 17.8 Å². The van der Waals surface area contributed by atoms with Gasteiger partial charge in [0.05, 0.1) is 30.0 Å². The second-order valence-corrected chi connectivity index (χ2v) is 15.4. The van der Waals surface area contributed by atoms with Crippen LogP contribution in [0.4, 0.5) is 5.69 Å². The first-order chi connectivity index (χ1) is 19.9. The second kappa shape index (κ2) is 12.4. The first kappa shape index (κ1) is 28.7. The van der Waals surface area contributed by atoms with Gasteiger partial charge >= 0.3 is 0 Å². The fraction of sp³-hybridized carbons (Fsp3) is 0.500. The molecule has 3 aromatic rings. The molecule has 10 nitrogen and oxygen atoms in total. The van der Waals surface area contributed by atoms with Gasteiger partial charge in [0, 0.05) is 78.5 Å². The number of pyridine rings is 1. The van der Waals surface area contributed by atoms with E-state index in [1.165, 1.54) is 16.6 Å². The van der Waals surface area contributed by atoms with Crippen LogP contribution in [0.15, 0.2) is 52.6 Å². The Morgan fingerprint density at radius 2 is 2.00 bits per heavy atom. The SMILES string of the molecule is COCCOc1cc(N(CC2CC2)S(=O)(=O)c2ccccn2)c2[nH]c(C3=NCC(CN4CCS(=O)CC4)S3)cc2c1. The first-order valence-corrected chi connectivity index (χ1v) is 17.7. The molecule has 1 aromatic carbocycles. The van der Waals surface area contributed by atoms with Crippen LogP contribution in [-0.2, 0) is 25.6 Å². The number of aliphatic imine (C=N–C) groups is 1. The van der Waals surface area contributed by atoms with E-state index in [1.54, 1.807) is 37.1 Å². The van der Waals surface area contributed by atoms with Crippen molar-refractivity contribution < 1.29 is 22.1 Å². The summed E-state index contributed by atoms with van der Waals surface area (Å²) in [4.78, 5) is 14.9. The summed E-state index contributed by atoms with van der Waals surface area (Å²) in [5.74, 6) is 2.36. The molecule has 2 fully saturated rings. The van der Waals surface area contributed by atoms with Crippen LogP contribution in [0.3, 0.4) is 0 Å². The predicted octanol–water partition coefficient (Wildman–Crippen LogP) is 3.12. The molecule has 2 aromatic heterocycles. The van der Waals surface area contributed by atoms with Crippen molar-refractivity contribution in [3.05, 3.63) is 48.3 Å². The van der Waals surface area contributed by atoms with Crippen LogP contribution in [0, 0.1) is 5.92 Å². The maximum Gasteiger partial charge on any atom is 0.281 e.